The Labute approximate surface area is 172 Å². The number of amides is 1. The minimum Gasteiger partial charge on any atom is -0.493 e. The van der Waals surface area contributed by atoms with Gasteiger partial charge in [-0.1, -0.05) is 35.9 Å². The first-order chi connectivity index (χ1) is 13.7. The number of hydrogen-bond donors (Lipinski definition) is 1. The molecule has 2 aromatic carbocycles. The Kier molecular flexibility index (Phi) is 8.04. The molecule has 0 radical (unpaired) electrons. The quantitative estimate of drug-likeness (QED) is 0.637. The van der Waals surface area contributed by atoms with E-state index in [0.717, 1.165) is 22.9 Å². The Morgan fingerprint density at radius 1 is 1.00 bits per heavy atom. The Hall–Kier alpha value is -2.58. The fraction of sp³-hybridized carbons (Fsp3) is 0.381. The molecule has 8 heteroatoms. The molecule has 0 bridgehead atoms. The lowest BCUT2D eigenvalue weighted by Crippen LogP contribution is -2.40. The van der Waals surface area contributed by atoms with Crippen LogP contribution in [0.5, 0.6) is 11.5 Å². The molecule has 0 atom stereocenters. The molecule has 0 fully saturated rings. The summed E-state index contributed by atoms with van der Waals surface area (Å²) in [6.07, 6.45) is 1.70. The first kappa shape index (κ1) is 22.7. The topological polar surface area (TPSA) is 84.9 Å². The number of nitrogens with zero attached hydrogens (tertiary/aromatic N) is 1. The summed E-state index contributed by atoms with van der Waals surface area (Å²) >= 11 is 0. The number of sulfonamides is 1. The molecule has 7 nitrogen and oxygen atoms in total. The van der Waals surface area contributed by atoms with Crippen molar-refractivity contribution in [2.75, 3.05) is 33.6 Å². The first-order valence-electron chi connectivity index (χ1n) is 9.21. The highest BCUT2D eigenvalue weighted by Crippen LogP contribution is 2.27. The predicted octanol–water partition coefficient (Wildman–Crippen LogP) is 2.13. The fourth-order valence-corrected chi connectivity index (χ4v) is 3.52. The second kappa shape index (κ2) is 10.3. The van der Waals surface area contributed by atoms with Crippen LogP contribution in [0.4, 0.5) is 0 Å². The summed E-state index contributed by atoms with van der Waals surface area (Å²) in [6.45, 7) is 2.28. The van der Waals surface area contributed by atoms with Crippen molar-refractivity contribution in [2.45, 2.75) is 19.9 Å². The minimum atomic E-state index is -3.52. The van der Waals surface area contributed by atoms with Gasteiger partial charge in [-0.3, -0.25) is 4.79 Å². The van der Waals surface area contributed by atoms with Gasteiger partial charge in [0.1, 0.15) is 0 Å². The normalized spacial score (nSPS) is 11.3. The maximum absolute atomic E-state index is 12.3. The van der Waals surface area contributed by atoms with Crippen molar-refractivity contribution in [3.63, 3.8) is 0 Å². The molecule has 0 spiro atoms. The highest BCUT2D eigenvalue weighted by atomic mass is 32.2. The number of aryl methyl sites for hydroxylation is 1. The standard InChI is InChI=1S/C21H28N2O5S/c1-16-5-7-18(8-6-16)14-23(29(4,25)26)15-21(24)22-12-11-17-9-10-19(27-2)20(13-17)28-3/h5-10,13H,11-12,14-15H2,1-4H3,(H,22,24). The van der Waals surface area contributed by atoms with Gasteiger partial charge in [-0.2, -0.15) is 4.31 Å². The van der Waals surface area contributed by atoms with Crippen LogP contribution in [0.1, 0.15) is 16.7 Å². The minimum absolute atomic E-state index is 0.155. The third-order valence-electron chi connectivity index (χ3n) is 4.45. The van der Waals surface area contributed by atoms with Crippen LogP contribution in [-0.2, 0) is 27.8 Å². The van der Waals surface area contributed by atoms with E-state index in [1.54, 1.807) is 14.2 Å². The molecule has 0 heterocycles. The molecule has 29 heavy (non-hydrogen) atoms. The number of carbonyl (C=O) groups is 1. The number of nitrogens with one attached hydrogen (secondary N) is 1. The van der Waals surface area contributed by atoms with Crippen molar-refractivity contribution in [2.24, 2.45) is 0 Å². The van der Waals surface area contributed by atoms with Crippen molar-refractivity contribution in [1.29, 1.82) is 0 Å². The summed E-state index contributed by atoms with van der Waals surface area (Å²) in [5, 5.41) is 2.78. The molecule has 2 rings (SSSR count). The third kappa shape index (κ3) is 7.07. The average Bonchev–Trinajstić information content (AvgIpc) is 2.68. The van der Waals surface area contributed by atoms with Gasteiger partial charge in [0.2, 0.25) is 15.9 Å². The van der Waals surface area contributed by atoms with Crippen LogP contribution in [-0.4, -0.2) is 52.2 Å². The number of carbonyl (C=O) groups excluding carboxylic acids is 1. The summed E-state index contributed by atoms with van der Waals surface area (Å²) in [5.41, 5.74) is 2.90. The van der Waals surface area contributed by atoms with Gasteiger partial charge < -0.3 is 14.8 Å². The van der Waals surface area contributed by atoms with Gasteiger partial charge in [0.05, 0.1) is 27.0 Å². The van der Waals surface area contributed by atoms with Crippen molar-refractivity contribution < 1.29 is 22.7 Å². The molecule has 0 saturated heterocycles. The monoisotopic (exact) mass is 420 g/mol. The Balaban J connectivity index is 1.92. The molecule has 158 valence electrons. The van der Waals surface area contributed by atoms with E-state index in [-0.39, 0.29) is 19.0 Å². The van der Waals surface area contributed by atoms with E-state index in [4.69, 9.17) is 9.47 Å². The molecule has 0 aliphatic heterocycles. The molecule has 0 aliphatic carbocycles. The third-order valence-corrected chi connectivity index (χ3v) is 5.65. The van der Waals surface area contributed by atoms with Crippen LogP contribution >= 0.6 is 0 Å². The molecular weight excluding hydrogens is 392 g/mol. The molecule has 0 unspecified atom stereocenters. The van der Waals surface area contributed by atoms with Gasteiger partial charge in [0, 0.05) is 13.1 Å². The number of rotatable bonds is 10. The lowest BCUT2D eigenvalue weighted by molar-refractivity contribution is -0.121. The van der Waals surface area contributed by atoms with Crippen molar-refractivity contribution in [3.8, 4) is 11.5 Å². The van der Waals surface area contributed by atoms with E-state index in [2.05, 4.69) is 5.32 Å². The van der Waals surface area contributed by atoms with Crippen molar-refractivity contribution in [3.05, 3.63) is 59.2 Å². The SMILES string of the molecule is COc1ccc(CCNC(=O)CN(Cc2ccc(C)cc2)S(C)(=O)=O)cc1OC. The predicted molar refractivity (Wildman–Crippen MR) is 113 cm³/mol. The van der Waals surface area contributed by atoms with Gasteiger partial charge in [0.25, 0.3) is 0 Å². The van der Waals surface area contributed by atoms with E-state index >= 15 is 0 Å². The van der Waals surface area contributed by atoms with Crippen LogP contribution < -0.4 is 14.8 Å². The summed E-state index contributed by atoms with van der Waals surface area (Å²) in [5.74, 6) is 0.917. The highest BCUT2D eigenvalue weighted by molar-refractivity contribution is 7.88. The zero-order valence-electron chi connectivity index (χ0n) is 17.3. The number of hydrogen-bond acceptors (Lipinski definition) is 5. The smallest absolute Gasteiger partial charge is 0.235 e. The Bertz CT molecular complexity index is 927. The van der Waals surface area contributed by atoms with E-state index in [9.17, 15) is 13.2 Å². The number of methoxy groups -OCH3 is 2. The summed E-state index contributed by atoms with van der Waals surface area (Å²) in [7, 11) is -0.382. The summed E-state index contributed by atoms with van der Waals surface area (Å²) in [6, 6.07) is 13.1. The van der Waals surface area contributed by atoms with E-state index in [0.29, 0.717) is 24.5 Å². The molecule has 0 aromatic heterocycles. The van der Waals surface area contributed by atoms with Crippen molar-refractivity contribution >= 4 is 15.9 Å². The van der Waals surface area contributed by atoms with Crippen LogP contribution in [0.15, 0.2) is 42.5 Å². The van der Waals surface area contributed by atoms with E-state index in [1.165, 1.54) is 4.31 Å². The Morgan fingerprint density at radius 3 is 2.21 bits per heavy atom. The van der Waals surface area contributed by atoms with Gasteiger partial charge in [-0.15, -0.1) is 0 Å². The molecular formula is C21H28N2O5S. The summed E-state index contributed by atoms with van der Waals surface area (Å²) < 4.78 is 35.8. The Morgan fingerprint density at radius 2 is 1.62 bits per heavy atom. The average molecular weight is 421 g/mol. The van der Waals surface area contributed by atoms with Gasteiger partial charge >= 0.3 is 0 Å². The van der Waals surface area contributed by atoms with Crippen LogP contribution in [0.3, 0.4) is 0 Å². The number of benzene rings is 2. The highest BCUT2D eigenvalue weighted by Gasteiger charge is 2.20. The maximum Gasteiger partial charge on any atom is 0.235 e. The first-order valence-corrected chi connectivity index (χ1v) is 11.1. The fourth-order valence-electron chi connectivity index (χ4n) is 2.79. The molecule has 1 N–H and O–H groups in total. The second-order valence-electron chi connectivity index (χ2n) is 6.81. The van der Waals surface area contributed by atoms with Gasteiger partial charge in [-0.05, 0) is 36.6 Å². The van der Waals surface area contributed by atoms with E-state index in [1.807, 2.05) is 49.4 Å². The second-order valence-corrected chi connectivity index (χ2v) is 8.79. The van der Waals surface area contributed by atoms with Crippen LogP contribution in [0, 0.1) is 6.92 Å². The van der Waals surface area contributed by atoms with E-state index < -0.39 is 10.0 Å². The molecule has 2 aromatic rings. The molecule has 1 amide bonds. The zero-order chi connectivity index (χ0) is 21.4. The van der Waals surface area contributed by atoms with Gasteiger partial charge in [-0.25, -0.2) is 8.42 Å². The summed E-state index contributed by atoms with van der Waals surface area (Å²) in [4.78, 5) is 12.3. The lowest BCUT2D eigenvalue weighted by Gasteiger charge is -2.19. The van der Waals surface area contributed by atoms with Crippen LogP contribution in [0.25, 0.3) is 0 Å². The van der Waals surface area contributed by atoms with Crippen molar-refractivity contribution in [1.82, 2.24) is 9.62 Å². The zero-order valence-corrected chi connectivity index (χ0v) is 18.1. The lowest BCUT2D eigenvalue weighted by atomic mass is 10.1. The molecule has 0 saturated carbocycles. The number of ether oxygens (including phenoxy) is 2. The maximum atomic E-state index is 12.3. The van der Waals surface area contributed by atoms with Crippen LogP contribution in [0.2, 0.25) is 0 Å². The largest absolute Gasteiger partial charge is 0.493 e. The molecule has 0 aliphatic rings. The van der Waals surface area contributed by atoms with Gasteiger partial charge in [0.15, 0.2) is 11.5 Å².